The lowest BCUT2D eigenvalue weighted by atomic mass is 9.96. The number of likely N-dealkylation sites (tertiary alicyclic amines) is 1. The summed E-state index contributed by atoms with van der Waals surface area (Å²) in [4.78, 5) is 26.2. The maximum Gasteiger partial charge on any atom is 0.223 e. The second-order valence-corrected chi connectivity index (χ2v) is 5.94. The van der Waals surface area contributed by atoms with Crippen molar-refractivity contribution in [1.82, 2.24) is 4.90 Å². The third kappa shape index (κ3) is 5.80. The zero-order valence-electron chi connectivity index (χ0n) is 14.2. The molecule has 1 aliphatic rings. The smallest absolute Gasteiger partial charge is 0.223 e. The first-order chi connectivity index (χ1) is 11.1. The molecule has 1 heterocycles. The van der Waals surface area contributed by atoms with Gasteiger partial charge in [-0.3, -0.25) is 9.59 Å². The van der Waals surface area contributed by atoms with Gasteiger partial charge in [0.1, 0.15) is 5.75 Å². The van der Waals surface area contributed by atoms with Crippen LogP contribution in [-0.4, -0.2) is 42.8 Å². The van der Waals surface area contributed by atoms with Crippen LogP contribution < -0.4 is 10.5 Å². The van der Waals surface area contributed by atoms with Gasteiger partial charge in [0.2, 0.25) is 5.91 Å². The molecule has 1 amide bonds. The molecule has 0 atom stereocenters. The fraction of sp³-hybridized carbons (Fsp3) is 0.556. The van der Waals surface area contributed by atoms with E-state index < -0.39 is 0 Å². The number of amides is 1. The quantitative estimate of drug-likeness (QED) is 0.764. The van der Waals surface area contributed by atoms with E-state index >= 15 is 0 Å². The molecule has 24 heavy (non-hydrogen) atoms. The van der Waals surface area contributed by atoms with Crippen molar-refractivity contribution in [2.24, 2.45) is 11.7 Å². The average Bonchev–Trinajstić information content (AvgIpc) is 2.60. The van der Waals surface area contributed by atoms with Gasteiger partial charge in [-0.1, -0.05) is 0 Å². The molecule has 6 heteroatoms. The lowest BCUT2D eigenvalue weighted by molar-refractivity contribution is -0.132. The monoisotopic (exact) mass is 354 g/mol. The van der Waals surface area contributed by atoms with Crippen LogP contribution in [0.4, 0.5) is 0 Å². The Kier molecular flexibility index (Phi) is 8.79. The van der Waals surface area contributed by atoms with Gasteiger partial charge >= 0.3 is 0 Å². The van der Waals surface area contributed by atoms with Crippen molar-refractivity contribution in [2.75, 3.05) is 26.2 Å². The average molecular weight is 355 g/mol. The fourth-order valence-corrected chi connectivity index (χ4v) is 2.84. The predicted octanol–water partition coefficient (Wildman–Crippen LogP) is 2.67. The maximum atomic E-state index is 12.2. The molecule has 2 rings (SSSR count). The van der Waals surface area contributed by atoms with E-state index in [9.17, 15) is 9.59 Å². The first-order valence-electron chi connectivity index (χ1n) is 8.38. The molecule has 1 saturated heterocycles. The molecule has 0 aliphatic carbocycles. The molecule has 0 radical (unpaired) electrons. The molecule has 5 nitrogen and oxygen atoms in total. The molecule has 1 fully saturated rings. The highest BCUT2D eigenvalue weighted by molar-refractivity contribution is 5.98. The third-order valence-electron chi connectivity index (χ3n) is 4.35. The van der Waals surface area contributed by atoms with Gasteiger partial charge in [0.25, 0.3) is 0 Å². The Hall–Kier alpha value is -1.59. The van der Waals surface area contributed by atoms with E-state index in [1.807, 2.05) is 11.8 Å². The van der Waals surface area contributed by atoms with E-state index in [-0.39, 0.29) is 36.9 Å². The molecule has 0 bridgehead atoms. The second-order valence-electron chi connectivity index (χ2n) is 5.94. The number of hydrogen-bond donors (Lipinski definition) is 1. The number of Topliss-reactive ketones (excluding diaryl/α,β-unsaturated/α-hetero) is 1. The summed E-state index contributed by atoms with van der Waals surface area (Å²) in [6, 6.07) is 7.08. The maximum absolute atomic E-state index is 12.2. The normalized spacial score (nSPS) is 14.8. The summed E-state index contributed by atoms with van der Waals surface area (Å²) in [6.07, 6.45) is 2.47. The molecule has 0 saturated carbocycles. The highest BCUT2D eigenvalue weighted by Gasteiger charge is 2.22. The standard InChI is InChI=1S/C18H26N2O3.ClH/c1-2-23-16-5-3-15(4-6-16)17(21)7-8-18(22)20-11-9-14(13-19)10-12-20;/h3-6,14H,2,7-13,19H2,1H3;1H. The predicted molar refractivity (Wildman–Crippen MR) is 96.8 cm³/mol. The molecular weight excluding hydrogens is 328 g/mol. The van der Waals surface area contributed by atoms with Crippen LogP contribution in [-0.2, 0) is 4.79 Å². The lowest BCUT2D eigenvalue weighted by Gasteiger charge is -2.31. The minimum absolute atomic E-state index is 0. The van der Waals surface area contributed by atoms with Gasteiger partial charge in [-0.25, -0.2) is 0 Å². The van der Waals surface area contributed by atoms with Crippen molar-refractivity contribution in [2.45, 2.75) is 32.6 Å². The van der Waals surface area contributed by atoms with Crippen molar-refractivity contribution in [3.8, 4) is 5.75 Å². The summed E-state index contributed by atoms with van der Waals surface area (Å²) in [6.45, 7) is 4.73. The van der Waals surface area contributed by atoms with E-state index in [1.165, 1.54) is 0 Å². The van der Waals surface area contributed by atoms with Crippen LogP contribution in [0.15, 0.2) is 24.3 Å². The minimum atomic E-state index is -0.00163. The first kappa shape index (κ1) is 20.5. The van der Waals surface area contributed by atoms with Gasteiger partial charge in [-0.05, 0) is 56.5 Å². The highest BCUT2D eigenvalue weighted by atomic mass is 35.5. The number of carbonyl (C=O) groups excluding carboxylic acids is 2. The van der Waals surface area contributed by atoms with E-state index in [2.05, 4.69) is 0 Å². The summed E-state index contributed by atoms with van der Waals surface area (Å²) in [5, 5.41) is 0. The summed E-state index contributed by atoms with van der Waals surface area (Å²) in [5.74, 6) is 1.35. The van der Waals surface area contributed by atoms with Gasteiger partial charge in [0.15, 0.2) is 5.78 Å². The van der Waals surface area contributed by atoms with Crippen molar-refractivity contribution >= 4 is 24.1 Å². The summed E-state index contributed by atoms with van der Waals surface area (Å²) >= 11 is 0. The number of nitrogens with two attached hydrogens (primary N) is 1. The zero-order chi connectivity index (χ0) is 16.7. The Bertz CT molecular complexity index is 526. The molecule has 1 aromatic rings. The molecule has 0 aromatic heterocycles. The Morgan fingerprint density at radius 1 is 1.17 bits per heavy atom. The third-order valence-corrected chi connectivity index (χ3v) is 4.35. The van der Waals surface area contributed by atoms with E-state index in [4.69, 9.17) is 10.5 Å². The molecule has 134 valence electrons. The fourth-order valence-electron chi connectivity index (χ4n) is 2.84. The van der Waals surface area contributed by atoms with Gasteiger partial charge in [-0.2, -0.15) is 0 Å². The van der Waals surface area contributed by atoms with Crippen LogP contribution >= 0.6 is 12.4 Å². The van der Waals surface area contributed by atoms with Crippen LogP contribution in [0.25, 0.3) is 0 Å². The number of piperidine rings is 1. The van der Waals surface area contributed by atoms with Crippen LogP contribution in [0.3, 0.4) is 0 Å². The van der Waals surface area contributed by atoms with Crippen molar-refractivity contribution in [3.05, 3.63) is 29.8 Å². The van der Waals surface area contributed by atoms with Crippen molar-refractivity contribution in [3.63, 3.8) is 0 Å². The molecular formula is C18H27ClN2O3. The number of nitrogens with zero attached hydrogens (tertiary/aromatic N) is 1. The van der Waals surface area contributed by atoms with Gasteiger partial charge in [0, 0.05) is 31.5 Å². The lowest BCUT2D eigenvalue weighted by Crippen LogP contribution is -2.40. The van der Waals surface area contributed by atoms with Crippen molar-refractivity contribution in [1.29, 1.82) is 0 Å². The zero-order valence-corrected chi connectivity index (χ0v) is 15.0. The highest BCUT2D eigenvalue weighted by Crippen LogP contribution is 2.18. The molecule has 1 aromatic carbocycles. The Morgan fingerprint density at radius 2 is 1.79 bits per heavy atom. The summed E-state index contributed by atoms with van der Waals surface area (Å²) in [5.41, 5.74) is 6.29. The molecule has 0 spiro atoms. The topological polar surface area (TPSA) is 72.6 Å². The number of ether oxygens (including phenoxy) is 1. The van der Waals surface area contributed by atoms with Crippen LogP contribution in [0.1, 0.15) is 43.0 Å². The number of ketones is 1. The minimum Gasteiger partial charge on any atom is -0.494 e. The van der Waals surface area contributed by atoms with Crippen molar-refractivity contribution < 1.29 is 14.3 Å². The van der Waals surface area contributed by atoms with Gasteiger partial charge in [-0.15, -0.1) is 12.4 Å². The van der Waals surface area contributed by atoms with Gasteiger partial charge < -0.3 is 15.4 Å². The summed E-state index contributed by atoms with van der Waals surface area (Å²) in [7, 11) is 0. The molecule has 2 N–H and O–H groups in total. The molecule has 0 unspecified atom stereocenters. The second kappa shape index (κ2) is 10.3. The van der Waals surface area contributed by atoms with Crippen LogP contribution in [0.2, 0.25) is 0 Å². The Balaban J connectivity index is 0.00000288. The van der Waals surface area contributed by atoms with Crippen LogP contribution in [0.5, 0.6) is 5.75 Å². The largest absolute Gasteiger partial charge is 0.494 e. The number of benzene rings is 1. The van der Waals surface area contributed by atoms with Crippen LogP contribution in [0, 0.1) is 5.92 Å². The number of carbonyl (C=O) groups is 2. The Labute approximate surface area is 149 Å². The molecule has 1 aliphatic heterocycles. The van der Waals surface area contributed by atoms with E-state index in [0.29, 0.717) is 24.6 Å². The number of halogens is 1. The Morgan fingerprint density at radius 3 is 2.33 bits per heavy atom. The van der Waals surface area contributed by atoms with E-state index in [0.717, 1.165) is 31.7 Å². The SMILES string of the molecule is CCOc1ccc(C(=O)CCC(=O)N2CCC(CN)CC2)cc1.Cl. The first-order valence-corrected chi connectivity index (χ1v) is 8.38. The number of hydrogen-bond acceptors (Lipinski definition) is 4. The van der Waals surface area contributed by atoms with Gasteiger partial charge in [0.05, 0.1) is 6.61 Å². The van der Waals surface area contributed by atoms with E-state index in [1.54, 1.807) is 24.3 Å². The number of rotatable bonds is 7. The summed E-state index contributed by atoms with van der Waals surface area (Å²) < 4.78 is 5.36.